The average Bonchev–Trinajstić information content (AvgIpc) is 3.31. The lowest BCUT2D eigenvalue weighted by Gasteiger charge is -2.27. The van der Waals surface area contributed by atoms with Crippen LogP contribution in [0.2, 0.25) is 0 Å². The topological polar surface area (TPSA) is 86.0 Å². The van der Waals surface area contributed by atoms with E-state index in [4.69, 9.17) is 0 Å². The van der Waals surface area contributed by atoms with Crippen molar-refractivity contribution in [3.05, 3.63) is 101 Å². The van der Waals surface area contributed by atoms with Crippen LogP contribution in [0.4, 0.5) is 5.69 Å². The molecule has 0 bridgehead atoms. The first kappa shape index (κ1) is 23.8. The van der Waals surface area contributed by atoms with Gasteiger partial charge in [0, 0.05) is 35.8 Å². The quantitative estimate of drug-likeness (QED) is 0.310. The van der Waals surface area contributed by atoms with E-state index in [-0.39, 0.29) is 17.9 Å². The third-order valence-electron chi connectivity index (χ3n) is 6.97. The number of carbonyl (C=O) groups is 2. The van der Waals surface area contributed by atoms with Gasteiger partial charge in [-0.1, -0.05) is 68.4 Å². The summed E-state index contributed by atoms with van der Waals surface area (Å²) in [5.41, 5.74) is 6.29. The summed E-state index contributed by atoms with van der Waals surface area (Å²) in [6.07, 6.45) is 2.90. The first-order valence-corrected chi connectivity index (χ1v) is 12.5. The number of H-pyrrole nitrogens is 1. The summed E-state index contributed by atoms with van der Waals surface area (Å²) in [5.74, 6) is 0.0126. The number of benzene rings is 3. The van der Waals surface area contributed by atoms with Crippen LogP contribution >= 0.6 is 0 Å². The second-order valence-electron chi connectivity index (χ2n) is 9.80. The molecule has 36 heavy (non-hydrogen) atoms. The van der Waals surface area contributed by atoms with Crippen LogP contribution in [-0.4, -0.2) is 28.9 Å². The Kier molecular flexibility index (Phi) is 6.87. The van der Waals surface area contributed by atoms with E-state index in [2.05, 4.69) is 46.9 Å². The number of fused-ring (bicyclic) bond motifs is 2. The molecule has 3 aromatic carbocycles. The van der Waals surface area contributed by atoms with E-state index in [0.717, 1.165) is 16.5 Å². The summed E-state index contributed by atoms with van der Waals surface area (Å²) in [6, 6.07) is 22.9. The van der Waals surface area contributed by atoms with Crippen LogP contribution < -0.4 is 16.0 Å². The average molecular weight is 481 g/mol. The second-order valence-corrected chi connectivity index (χ2v) is 9.80. The fourth-order valence-electron chi connectivity index (χ4n) is 4.82. The Balaban J connectivity index is 1.35. The molecule has 0 saturated carbocycles. The first-order chi connectivity index (χ1) is 17.5. The summed E-state index contributed by atoms with van der Waals surface area (Å²) in [7, 11) is 0. The highest BCUT2D eigenvalue weighted by atomic mass is 16.2. The zero-order valence-corrected chi connectivity index (χ0v) is 20.7. The number of nitrogens with one attached hydrogen (secondary N) is 4. The highest BCUT2D eigenvalue weighted by molar-refractivity contribution is 5.98. The number of carbonyl (C=O) groups excluding carboxylic acids is 2. The van der Waals surface area contributed by atoms with Crippen molar-refractivity contribution >= 4 is 28.4 Å². The third-order valence-corrected chi connectivity index (χ3v) is 6.97. The Morgan fingerprint density at radius 1 is 0.944 bits per heavy atom. The number of aromatic nitrogens is 1. The molecule has 1 aliphatic rings. The van der Waals surface area contributed by atoms with Gasteiger partial charge in [0.15, 0.2) is 0 Å². The van der Waals surface area contributed by atoms with E-state index in [9.17, 15) is 9.59 Å². The predicted octanol–water partition coefficient (Wildman–Crippen LogP) is 4.67. The highest BCUT2D eigenvalue weighted by Crippen LogP contribution is 2.21. The van der Waals surface area contributed by atoms with Gasteiger partial charge >= 0.3 is 0 Å². The third kappa shape index (κ3) is 5.19. The first-order valence-electron chi connectivity index (χ1n) is 12.5. The van der Waals surface area contributed by atoms with E-state index in [1.807, 2.05) is 66.9 Å². The van der Waals surface area contributed by atoms with E-state index < -0.39 is 6.04 Å². The number of hydrogen-bond donors (Lipinski definition) is 4. The molecule has 0 fully saturated rings. The molecule has 0 aliphatic carbocycles. The normalized spacial score (nSPS) is 15.9. The Hall–Kier alpha value is -3.90. The SMILES string of the molecule is CC(C)c1ccc(NC(=O)C(Cc2c[nH]c3ccccc23)NC(=O)C2Cc3ccccc3CN2)cc1. The molecule has 2 amide bonds. The van der Waals surface area contributed by atoms with E-state index in [0.29, 0.717) is 31.0 Å². The maximum atomic E-state index is 13.5. The van der Waals surface area contributed by atoms with Gasteiger partial charge in [-0.15, -0.1) is 0 Å². The largest absolute Gasteiger partial charge is 0.361 e. The van der Waals surface area contributed by atoms with Gasteiger partial charge in [0.05, 0.1) is 6.04 Å². The number of aromatic amines is 1. The van der Waals surface area contributed by atoms with Crippen LogP contribution in [-0.2, 0) is 29.0 Å². The zero-order valence-electron chi connectivity index (χ0n) is 20.7. The van der Waals surface area contributed by atoms with Gasteiger partial charge in [-0.2, -0.15) is 0 Å². The Morgan fingerprint density at radius 3 is 2.44 bits per heavy atom. The lowest BCUT2D eigenvalue weighted by molar-refractivity contribution is -0.128. The van der Waals surface area contributed by atoms with Crippen LogP contribution in [0.3, 0.4) is 0 Å². The Morgan fingerprint density at radius 2 is 1.67 bits per heavy atom. The molecule has 6 heteroatoms. The number of amides is 2. The monoisotopic (exact) mass is 480 g/mol. The minimum Gasteiger partial charge on any atom is -0.361 e. The minimum absolute atomic E-state index is 0.167. The van der Waals surface area contributed by atoms with Crippen molar-refractivity contribution in [3.8, 4) is 0 Å². The molecule has 4 N–H and O–H groups in total. The summed E-state index contributed by atoms with van der Waals surface area (Å²) < 4.78 is 0. The molecule has 5 rings (SSSR count). The number of para-hydroxylation sites is 1. The molecule has 0 spiro atoms. The molecule has 4 aromatic rings. The van der Waals surface area contributed by atoms with Crippen molar-refractivity contribution in [1.29, 1.82) is 0 Å². The molecular formula is C30H32N4O2. The number of hydrogen-bond acceptors (Lipinski definition) is 3. The summed E-state index contributed by atoms with van der Waals surface area (Å²) in [6.45, 7) is 4.91. The standard InChI is InChI=1S/C30H32N4O2/c1-19(2)20-11-13-24(14-12-20)33-30(36)28(16-23-18-31-26-10-6-5-9-25(23)26)34-29(35)27-15-21-7-3-4-8-22(21)17-32-27/h3-14,18-19,27-28,31-32H,15-17H2,1-2H3,(H,33,36)(H,34,35). The van der Waals surface area contributed by atoms with Crippen molar-refractivity contribution < 1.29 is 9.59 Å². The summed E-state index contributed by atoms with van der Waals surface area (Å²) in [4.78, 5) is 30.0. The van der Waals surface area contributed by atoms with Gasteiger partial charge in [-0.05, 0) is 52.8 Å². The Bertz CT molecular complexity index is 1370. The van der Waals surface area contributed by atoms with Crippen molar-refractivity contribution in [2.75, 3.05) is 5.32 Å². The van der Waals surface area contributed by atoms with Crippen LogP contribution in [0.1, 0.15) is 42.0 Å². The van der Waals surface area contributed by atoms with E-state index >= 15 is 0 Å². The van der Waals surface area contributed by atoms with Crippen molar-refractivity contribution in [3.63, 3.8) is 0 Å². The van der Waals surface area contributed by atoms with Crippen LogP contribution in [0.25, 0.3) is 10.9 Å². The van der Waals surface area contributed by atoms with E-state index in [1.54, 1.807) is 0 Å². The maximum absolute atomic E-state index is 13.5. The fraction of sp³-hybridized carbons (Fsp3) is 0.267. The predicted molar refractivity (Wildman–Crippen MR) is 144 cm³/mol. The Labute approximate surface area is 211 Å². The van der Waals surface area contributed by atoms with Gasteiger partial charge in [0.2, 0.25) is 11.8 Å². The molecule has 6 nitrogen and oxygen atoms in total. The molecule has 2 unspecified atom stereocenters. The molecule has 1 aliphatic heterocycles. The van der Waals surface area contributed by atoms with Crippen molar-refractivity contribution in [1.82, 2.24) is 15.6 Å². The smallest absolute Gasteiger partial charge is 0.247 e. The minimum atomic E-state index is -0.722. The van der Waals surface area contributed by atoms with Gasteiger partial charge < -0.3 is 20.9 Å². The lowest BCUT2D eigenvalue weighted by atomic mass is 9.95. The van der Waals surface area contributed by atoms with E-state index in [1.165, 1.54) is 16.7 Å². The molecule has 2 atom stereocenters. The number of rotatable bonds is 7. The fourth-order valence-corrected chi connectivity index (χ4v) is 4.82. The van der Waals surface area contributed by atoms with Crippen molar-refractivity contribution in [2.45, 2.75) is 51.2 Å². The zero-order chi connectivity index (χ0) is 25.1. The van der Waals surface area contributed by atoms with Crippen LogP contribution in [0, 0.1) is 0 Å². The molecule has 2 heterocycles. The maximum Gasteiger partial charge on any atom is 0.247 e. The lowest BCUT2D eigenvalue weighted by Crippen LogP contribution is -2.53. The van der Waals surface area contributed by atoms with Gasteiger partial charge in [-0.25, -0.2) is 0 Å². The van der Waals surface area contributed by atoms with Crippen LogP contribution in [0.15, 0.2) is 79.0 Å². The highest BCUT2D eigenvalue weighted by Gasteiger charge is 2.29. The summed E-state index contributed by atoms with van der Waals surface area (Å²) >= 11 is 0. The molecular weight excluding hydrogens is 448 g/mol. The van der Waals surface area contributed by atoms with Crippen LogP contribution in [0.5, 0.6) is 0 Å². The summed E-state index contributed by atoms with van der Waals surface area (Å²) in [5, 5.41) is 10.4. The molecule has 184 valence electrons. The number of anilines is 1. The van der Waals surface area contributed by atoms with Gasteiger partial charge in [0.1, 0.15) is 6.04 Å². The molecule has 0 radical (unpaired) electrons. The second kappa shape index (κ2) is 10.4. The molecule has 1 aromatic heterocycles. The van der Waals surface area contributed by atoms with Gasteiger partial charge in [0.25, 0.3) is 0 Å². The van der Waals surface area contributed by atoms with Gasteiger partial charge in [-0.3, -0.25) is 9.59 Å². The molecule has 0 saturated heterocycles. The van der Waals surface area contributed by atoms with Crippen molar-refractivity contribution in [2.24, 2.45) is 0 Å².